The van der Waals surface area contributed by atoms with Crippen LogP contribution in [0.3, 0.4) is 0 Å². The largest absolute Gasteiger partial charge is 0.0654 e. The number of unbranched alkanes of at least 4 members (excludes halogenated alkanes) is 1. The van der Waals surface area contributed by atoms with Crippen LogP contribution in [0.2, 0.25) is 0 Å². The minimum Gasteiger partial charge on any atom is -0.0654 e. The Morgan fingerprint density at radius 2 is 1.18 bits per heavy atom. The van der Waals surface area contributed by atoms with Crippen LogP contribution >= 0.6 is 0 Å². The molecule has 0 spiro atoms. The molecule has 4 aromatic carbocycles. The average molecular weight is 449 g/mol. The Balaban J connectivity index is 1.67. The van der Waals surface area contributed by atoms with E-state index in [0.29, 0.717) is 23.7 Å². The van der Waals surface area contributed by atoms with E-state index in [9.17, 15) is 0 Å². The Morgan fingerprint density at radius 3 is 1.85 bits per heavy atom. The van der Waals surface area contributed by atoms with Crippen LogP contribution in [0.5, 0.6) is 0 Å². The van der Waals surface area contributed by atoms with Crippen molar-refractivity contribution in [1.29, 1.82) is 0 Å². The first-order valence-corrected chi connectivity index (χ1v) is 13.3. The van der Waals surface area contributed by atoms with E-state index in [1.165, 1.54) is 59.6 Å². The van der Waals surface area contributed by atoms with Crippen molar-refractivity contribution in [2.75, 3.05) is 0 Å². The Morgan fingerprint density at radius 1 is 0.559 bits per heavy atom. The van der Waals surface area contributed by atoms with E-state index < -0.39 is 0 Å². The summed E-state index contributed by atoms with van der Waals surface area (Å²) in [5.41, 5.74) is 4.43. The van der Waals surface area contributed by atoms with Gasteiger partial charge in [0.05, 0.1) is 0 Å². The van der Waals surface area contributed by atoms with Crippen LogP contribution in [0.15, 0.2) is 103 Å². The summed E-state index contributed by atoms with van der Waals surface area (Å²) in [6.07, 6.45) is 6.37. The lowest BCUT2D eigenvalue weighted by molar-refractivity contribution is 0.314. The minimum atomic E-state index is 0.483. The standard InChI is InChI=1S/C34H40/c1-4-5-14-31(22-21-26(2)28-15-8-6-9-16-28)34(27(3)29-17-10-7-11-18-29)33-24-23-30-19-12-13-20-32(30)25-33/h6-13,15-20,23-27,31,34H,4-5,14,21-22H2,1-3H3. The number of rotatable bonds is 11. The van der Waals surface area contributed by atoms with Crippen LogP contribution < -0.4 is 0 Å². The monoisotopic (exact) mass is 448 g/mol. The Labute approximate surface area is 207 Å². The van der Waals surface area contributed by atoms with E-state index in [0.717, 1.165) is 0 Å². The number of benzene rings is 4. The molecule has 0 aliphatic heterocycles. The van der Waals surface area contributed by atoms with Gasteiger partial charge in [0.25, 0.3) is 0 Å². The highest BCUT2D eigenvalue weighted by molar-refractivity contribution is 5.83. The minimum absolute atomic E-state index is 0.483. The first-order chi connectivity index (χ1) is 16.7. The molecule has 0 heteroatoms. The second-order valence-corrected chi connectivity index (χ2v) is 10.1. The summed E-state index contributed by atoms with van der Waals surface area (Å²) < 4.78 is 0. The van der Waals surface area contributed by atoms with Gasteiger partial charge in [0.15, 0.2) is 0 Å². The third-order valence-electron chi connectivity index (χ3n) is 7.80. The lowest BCUT2D eigenvalue weighted by Crippen LogP contribution is -2.20. The van der Waals surface area contributed by atoms with E-state index >= 15 is 0 Å². The molecule has 0 aliphatic rings. The quantitative estimate of drug-likeness (QED) is 0.214. The first kappa shape index (κ1) is 24.3. The molecule has 0 amide bonds. The fourth-order valence-corrected chi connectivity index (χ4v) is 5.73. The molecular formula is C34H40. The van der Waals surface area contributed by atoms with Gasteiger partial charge in [-0.3, -0.25) is 0 Å². The molecular weight excluding hydrogens is 408 g/mol. The van der Waals surface area contributed by atoms with Gasteiger partial charge in [0.1, 0.15) is 0 Å². The van der Waals surface area contributed by atoms with Crippen molar-refractivity contribution >= 4 is 10.8 Å². The van der Waals surface area contributed by atoms with Gasteiger partial charge >= 0.3 is 0 Å². The van der Waals surface area contributed by atoms with Crippen LogP contribution in [0.25, 0.3) is 10.8 Å². The predicted molar refractivity (Wildman–Crippen MR) is 149 cm³/mol. The maximum Gasteiger partial charge on any atom is -0.00672 e. The topological polar surface area (TPSA) is 0 Å². The van der Waals surface area contributed by atoms with Crippen molar-refractivity contribution in [2.24, 2.45) is 5.92 Å². The zero-order valence-electron chi connectivity index (χ0n) is 21.2. The fourth-order valence-electron chi connectivity index (χ4n) is 5.73. The zero-order valence-corrected chi connectivity index (χ0v) is 21.2. The summed E-state index contributed by atoms with van der Waals surface area (Å²) in [6, 6.07) is 38.2. The molecule has 0 N–H and O–H groups in total. The van der Waals surface area contributed by atoms with Crippen LogP contribution in [-0.2, 0) is 0 Å². The normalized spacial score (nSPS) is 15.0. The maximum atomic E-state index is 2.47. The Hall–Kier alpha value is -2.86. The second kappa shape index (κ2) is 12.0. The molecule has 0 saturated carbocycles. The smallest absolute Gasteiger partial charge is 0.00672 e. The fraction of sp³-hybridized carbons (Fsp3) is 0.353. The highest BCUT2D eigenvalue weighted by atomic mass is 14.3. The molecule has 4 rings (SSSR count). The van der Waals surface area contributed by atoms with Crippen molar-refractivity contribution in [2.45, 2.75) is 70.6 Å². The molecule has 4 atom stereocenters. The van der Waals surface area contributed by atoms with Crippen molar-refractivity contribution in [3.05, 3.63) is 120 Å². The Kier molecular flexibility index (Phi) is 8.58. The van der Waals surface area contributed by atoms with Crippen molar-refractivity contribution in [1.82, 2.24) is 0 Å². The third kappa shape index (κ3) is 5.98. The van der Waals surface area contributed by atoms with E-state index in [1.807, 2.05) is 0 Å². The molecule has 0 aromatic heterocycles. The van der Waals surface area contributed by atoms with Gasteiger partial charge in [-0.25, -0.2) is 0 Å². The zero-order chi connectivity index (χ0) is 23.8. The molecule has 0 saturated heterocycles. The van der Waals surface area contributed by atoms with Crippen molar-refractivity contribution < 1.29 is 0 Å². The number of hydrogen-bond donors (Lipinski definition) is 0. The SMILES string of the molecule is CCCCC(CCC(C)c1ccccc1)C(c1ccc2ccccc2c1)C(C)c1ccccc1. The summed E-state index contributed by atoms with van der Waals surface area (Å²) in [5.74, 6) is 2.26. The van der Waals surface area contributed by atoms with Crippen molar-refractivity contribution in [3.8, 4) is 0 Å². The van der Waals surface area contributed by atoms with E-state index in [2.05, 4.69) is 124 Å². The molecule has 176 valence electrons. The third-order valence-corrected chi connectivity index (χ3v) is 7.80. The maximum absolute atomic E-state index is 2.47. The molecule has 0 bridgehead atoms. The van der Waals surface area contributed by atoms with Gasteiger partial charge < -0.3 is 0 Å². The lowest BCUT2D eigenvalue weighted by atomic mass is 9.70. The van der Waals surface area contributed by atoms with Crippen LogP contribution in [0.1, 0.15) is 87.3 Å². The average Bonchev–Trinajstić information content (AvgIpc) is 2.90. The molecule has 0 fully saturated rings. The van der Waals surface area contributed by atoms with E-state index in [1.54, 1.807) is 0 Å². The van der Waals surface area contributed by atoms with Gasteiger partial charge in [0.2, 0.25) is 0 Å². The van der Waals surface area contributed by atoms with E-state index in [4.69, 9.17) is 0 Å². The summed E-state index contributed by atoms with van der Waals surface area (Å²) in [6.45, 7) is 7.18. The van der Waals surface area contributed by atoms with Gasteiger partial charge in [0, 0.05) is 0 Å². The first-order valence-electron chi connectivity index (χ1n) is 13.3. The summed E-state index contributed by atoms with van der Waals surface area (Å²) in [5, 5.41) is 2.69. The predicted octanol–water partition coefficient (Wildman–Crippen LogP) is 10.1. The summed E-state index contributed by atoms with van der Waals surface area (Å²) in [7, 11) is 0. The van der Waals surface area contributed by atoms with Crippen LogP contribution in [0.4, 0.5) is 0 Å². The molecule has 0 heterocycles. The highest BCUT2D eigenvalue weighted by Gasteiger charge is 2.29. The van der Waals surface area contributed by atoms with Gasteiger partial charge in [-0.2, -0.15) is 0 Å². The lowest BCUT2D eigenvalue weighted by Gasteiger charge is -2.34. The number of fused-ring (bicyclic) bond motifs is 1. The van der Waals surface area contributed by atoms with Gasteiger partial charge in [-0.05, 0) is 70.4 Å². The van der Waals surface area contributed by atoms with Crippen LogP contribution in [-0.4, -0.2) is 0 Å². The summed E-state index contributed by atoms with van der Waals surface area (Å²) >= 11 is 0. The second-order valence-electron chi connectivity index (χ2n) is 10.1. The molecule has 0 radical (unpaired) electrons. The molecule has 0 nitrogen and oxygen atoms in total. The molecule has 4 aromatic rings. The molecule has 0 aliphatic carbocycles. The highest BCUT2D eigenvalue weighted by Crippen LogP contribution is 2.44. The molecule has 4 unspecified atom stereocenters. The molecule has 34 heavy (non-hydrogen) atoms. The van der Waals surface area contributed by atoms with Gasteiger partial charge in [-0.15, -0.1) is 0 Å². The van der Waals surface area contributed by atoms with Gasteiger partial charge in [-0.1, -0.05) is 137 Å². The van der Waals surface area contributed by atoms with Crippen molar-refractivity contribution in [3.63, 3.8) is 0 Å². The van der Waals surface area contributed by atoms with Crippen LogP contribution in [0, 0.1) is 5.92 Å². The van der Waals surface area contributed by atoms with E-state index in [-0.39, 0.29) is 0 Å². The Bertz CT molecular complexity index is 1130. The number of hydrogen-bond acceptors (Lipinski definition) is 0. The summed E-state index contributed by atoms with van der Waals surface area (Å²) in [4.78, 5) is 0.